The van der Waals surface area contributed by atoms with Gasteiger partial charge in [0, 0.05) is 17.4 Å². The maximum Gasteiger partial charge on any atom is 0.187 e. The van der Waals surface area contributed by atoms with Crippen molar-refractivity contribution >= 4 is 33.3 Å². The molecule has 0 aromatic rings. The van der Waals surface area contributed by atoms with Gasteiger partial charge in [-0.3, -0.25) is 0 Å². The molecule has 0 radical (unpaired) electrons. The van der Waals surface area contributed by atoms with Crippen molar-refractivity contribution in [3.8, 4) is 0 Å². The third kappa shape index (κ3) is 23.4. The van der Waals surface area contributed by atoms with E-state index in [0.717, 1.165) is 72.5 Å². The topological polar surface area (TPSA) is 80.9 Å². The van der Waals surface area contributed by atoms with E-state index in [4.69, 9.17) is 0 Å². The van der Waals surface area contributed by atoms with Gasteiger partial charge in [0.05, 0.1) is 0 Å². The first-order valence-electron chi connectivity index (χ1n) is 13.6. The summed E-state index contributed by atoms with van der Waals surface area (Å²) in [4.78, 5) is 38.3. The largest absolute Gasteiger partial charge is 0.432 e. The molecule has 4 nitrogen and oxygen atoms in total. The average Bonchev–Trinajstić information content (AvgIpc) is 2.87. The van der Waals surface area contributed by atoms with Crippen molar-refractivity contribution in [2.75, 3.05) is 0 Å². The predicted molar refractivity (Wildman–Crippen MR) is 158 cm³/mol. The molecule has 9 heteroatoms. The molecule has 0 aromatic carbocycles. The van der Waals surface area contributed by atoms with Crippen molar-refractivity contribution < 1.29 is 36.5 Å². The van der Waals surface area contributed by atoms with E-state index in [1.165, 1.54) is 0 Å². The molecule has 0 amide bonds. The Labute approximate surface area is 224 Å². The van der Waals surface area contributed by atoms with Gasteiger partial charge < -0.3 is 19.2 Å². The van der Waals surface area contributed by atoms with Crippen LogP contribution >= 0.6 is 0 Å². The Kier molecular flexibility index (Phi) is 33.4. The monoisotopic (exact) mass is 580 g/mol. The van der Waals surface area contributed by atoms with Gasteiger partial charge in [-0.1, -0.05) is 83.1 Å². The summed E-state index contributed by atoms with van der Waals surface area (Å²) < 4.78 is 0. The predicted octanol–water partition coefficient (Wildman–Crippen LogP) is 7.93. The van der Waals surface area contributed by atoms with E-state index in [9.17, 15) is 19.2 Å². The van der Waals surface area contributed by atoms with E-state index in [1.807, 2.05) is 0 Å². The second-order valence-electron chi connectivity index (χ2n) is 9.14. The maximum absolute atomic E-state index is 9.58. The standard InChI is InChI=1S/4C6H16OSi.Cr/c4*1-4-8(7,5-2)6-3;/h4*7H,4-6H2,1-3H3;. The van der Waals surface area contributed by atoms with Crippen LogP contribution in [0.3, 0.4) is 0 Å². The minimum Gasteiger partial charge on any atom is -0.432 e. The maximum atomic E-state index is 9.58. The van der Waals surface area contributed by atoms with Gasteiger partial charge >= 0.3 is 0 Å². The second kappa shape index (κ2) is 24.9. The normalized spacial score (nSPS) is 11.6. The fraction of sp³-hybridized carbons (Fsp3) is 1.00. The molecule has 0 unspecified atom stereocenters. The number of hydrogen-bond donors (Lipinski definition) is 4. The SMILES string of the molecule is CC[Si](O)(CC)CC.CC[Si](O)(CC)CC.CC[Si](O)(CC)CC.CC[Si](O)(CC)CC.[Cr]. The van der Waals surface area contributed by atoms with Crippen molar-refractivity contribution in [2.24, 2.45) is 0 Å². The fourth-order valence-corrected chi connectivity index (χ4v) is 9.00. The van der Waals surface area contributed by atoms with E-state index < -0.39 is 33.3 Å². The first-order valence-corrected chi connectivity index (χ1v) is 23.9. The Morgan fingerprint density at radius 1 is 0.273 bits per heavy atom. The van der Waals surface area contributed by atoms with Crippen LogP contribution in [0.5, 0.6) is 0 Å². The Morgan fingerprint density at radius 2 is 0.333 bits per heavy atom. The van der Waals surface area contributed by atoms with Crippen LogP contribution in [0, 0.1) is 0 Å². The zero-order valence-corrected chi connectivity index (χ0v) is 30.0. The Hall–Kier alpha value is 1.24. The van der Waals surface area contributed by atoms with Crippen LogP contribution in [0.25, 0.3) is 0 Å². The van der Waals surface area contributed by atoms with Crippen LogP contribution in [0.2, 0.25) is 72.5 Å². The summed E-state index contributed by atoms with van der Waals surface area (Å²) in [5, 5.41) is 0. The van der Waals surface area contributed by atoms with Gasteiger partial charge in [-0.15, -0.1) is 0 Å². The molecule has 33 heavy (non-hydrogen) atoms. The van der Waals surface area contributed by atoms with Crippen LogP contribution in [0.4, 0.5) is 0 Å². The van der Waals surface area contributed by atoms with Crippen LogP contribution in [-0.4, -0.2) is 52.5 Å². The van der Waals surface area contributed by atoms with Crippen LogP contribution in [0.1, 0.15) is 83.1 Å². The molecule has 0 atom stereocenters. The van der Waals surface area contributed by atoms with Gasteiger partial charge in [-0.25, -0.2) is 0 Å². The first-order chi connectivity index (χ1) is 14.7. The molecule has 0 spiro atoms. The van der Waals surface area contributed by atoms with Crippen molar-refractivity contribution in [1.29, 1.82) is 0 Å². The number of rotatable bonds is 12. The van der Waals surface area contributed by atoms with Crippen molar-refractivity contribution in [2.45, 2.75) is 156 Å². The molecule has 0 heterocycles. The molecule has 0 aliphatic carbocycles. The zero-order valence-electron chi connectivity index (χ0n) is 24.7. The molecule has 0 aromatic heterocycles. The molecular weight excluding hydrogens is 517 g/mol. The summed E-state index contributed by atoms with van der Waals surface area (Å²) in [7, 11) is -6.69. The van der Waals surface area contributed by atoms with E-state index in [1.54, 1.807) is 0 Å². The molecule has 0 fully saturated rings. The molecular formula is C24H64CrO4Si4. The summed E-state index contributed by atoms with van der Waals surface area (Å²) in [6.07, 6.45) is 0. The Morgan fingerprint density at radius 3 is 0.333 bits per heavy atom. The summed E-state index contributed by atoms with van der Waals surface area (Å²) in [6, 6.07) is 12.2. The molecule has 4 N–H and O–H groups in total. The van der Waals surface area contributed by atoms with E-state index in [-0.39, 0.29) is 17.4 Å². The molecule has 0 bridgehead atoms. The third-order valence-electron chi connectivity index (χ3n) is 7.90. The summed E-state index contributed by atoms with van der Waals surface area (Å²) in [5.74, 6) is 0. The minimum atomic E-state index is -1.67. The number of hydrogen-bond acceptors (Lipinski definition) is 4. The van der Waals surface area contributed by atoms with Gasteiger partial charge in [-0.05, 0) is 72.5 Å². The van der Waals surface area contributed by atoms with Crippen molar-refractivity contribution in [3.63, 3.8) is 0 Å². The molecule has 0 aliphatic heterocycles. The molecule has 0 saturated heterocycles. The molecule has 0 rings (SSSR count). The van der Waals surface area contributed by atoms with Crippen molar-refractivity contribution in [1.82, 2.24) is 0 Å². The van der Waals surface area contributed by atoms with Crippen LogP contribution in [0.15, 0.2) is 0 Å². The van der Waals surface area contributed by atoms with E-state index >= 15 is 0 Å². The second-order valence-corrected chi connectivity index (χ2v) is 27.4. The third-order valence-corrected chi connectivity index (χ3v) is 23.7. The summed E-state index contributed by atoms with van der Waals surface area (Å²) in [5.41, 5.74) is 0. The van der Waals surface area contributed by atoms with Gasteiger partial charge in [0.2, 0.25) is 0 Å². The van der Waals surface area contributed by atoms with Gasteiger partial charge in [0.25, 0.3) is 0 Å². The van der Waals surface area contributed by atoms with Gasteiger partial charge in [0.15, 0.2) is 33.3 Å². The molecule has 0 aliphatic rings. The fourth-order valence-electron chi connectivity index (χ4n) is 3.00. The quantitative estimate of drug-likeness (QED) is 0.177. The molecule has 206 valence electrons. The van der Waals surface area contributed by atoms with Crippen molar-refractivity contribution in [3.05, 3.63) is 0 Å². The van der Waals surface area contributed by atoms with Gasteiger partial charge in [-0.2, -0.15) is 0 Å². The van der Waals surface area contributed by atoms with Gasteiger partial charge in [0.1, 0.15) is 0 Å². The van der Waals surface area contributed by atoms with E-state index in [0.29, 0.717) is 0 Å². The van der Waals surface area contributed by atoms with Crippen LogP contribution in [-0.2, 0) is 17.4 Å². The molecule has 0 saturated carbocycles. The Bertz CT molecular complexity index is 284. The average molecular weight is 581 g/mol. The smallest absolute Gasteiger partial charge is 0.187 e. The summed E-state index contributed by atoms with van der Waals surface area (Å²) in [6.45, 7) is 25.0. The summed E-state index contributed by atoms with van der Waals surface area (Å²) >= 11 is 0. The minimum absolute atomic E-state index is 0. The van der Waals surface area contributed by atoms with E-state index in [2.05, 4.69) is 83.1 Å². The zero-order chi connectivity index (χ0) is 26.5. The Balaban J connectivity index is -0.000000105. The first kappa shape index (κ1) is 44.2. The van der Waals surface area contributed by atoms with Crippen LogP contribution < -0.4 is 0 Å².